The highest BCUT2D eigenvalue weighted by Crippen LogP contribution is 2.50. The molecule has 0 radical (unpaired) electrons. The second-order valence-corrected chi connectivity index (χ2v) is 11.5. The normalized spacial score (nSPS) is 17.5. The molecule has 7 rings (SSSR count). The Morgan fingerprint density at radius 2 is 0.903 bits per heavy atom. The van der Waals surface area contributed by atoms with Crippen molar-refractivity contribution < 1.29 is 0 Å². The van der Waals surface area contributed by atoms with Crippen molar-refractivity contribution in [1.82, 2.24) is 0 Å². The molecular weight excluding hydrogens is 412 g/mol. The van der Waals surface area contributed by atoms with Crippen molar-refractivity contribution in [3.8, 4) is 0 Å². The summed E-state index contributed by atoms with van der Waals surface area (Å²) in [5, 5.41) is 14.8. The number of benzene rings is 5. The molecule has 0 unspecified atom stereocenters. The van der Waals surface area contributed by atoms with Gasteiger partial charge >= 0.3 is 0 Å². The van der Waals surface area contributed by atoms with Crippen molar-refractivity contribution in [2.75, 3.05) is 11.5 Å². The standard InChI is InChI=1S/C29H26S2/c1-2-4-12-30-16-21-14-19-6-7-20-15-22(17-31-13-5-3-1)24-11-9-18-8-10-23(21)28-25(18)29(24)27(20)26(19)28/h6-11,14-15H,1-5,12-13,16-17H2. The quantitative estimate of drug-likeness (QED) is 0.217. The third-order valence-corrected chi connectivity index (χ3v) is 9.59. The molecule has 0 N–H and O–H groups in total. The lowest BCUT2D eigenvalue weighted by Gasteiger charge is -2.11. The zero-order valence-corrected chi connectivity index (χ0v) is 19.4. The third-order valence-electron chi connectivity index (χ3n) is 7.40. The summed E-state index contributed by atoms with van der Waals surface area (Å²) in [5.41, 5.74) is 3.05. The molecule has 2 heteroatoms. The van der Waals surface area contributed by atoms with Gasteiger partial charge < -0.3 is 0 Å². The maximum absolute atomic E-state index is 2.49. The van der Waals surface area contributed by atoms with Crippen LogP contribution in [0.4, 0.5) is 0 Å². The number of hydrogen-bond donors (Lipinski definition) is 0. The highest BCUT2D eigenvalue weighted by Gasteiger charge is 2.22. The molecular formula is C29H26S2. The van der Waals surface area contributed by atoms with Crippen LogP contribution in [-0.4, -0.2) is 11.5 Å². The molecule has 0 aromatic heterocycles. The first-order valence-corrected chi connectivity index (χ1v) is 14.1. The zero-order chi connectivity index (χ0) is 20.4. The van der Waals surface area contributed by atoms with E-state index in [1.165, 1.54) is 109 Å². The van der Waals surface area contributed by atoms with Gasteiger partial charge in [0, 0.05) is 11.5 Å². The molecule has 0 spiro atoms. The molecule has 0 aliphatic carbocycles. The predicted molar refractivity (Wildman–Crippen MR) is 143 cm³/mol. The molecule has 0 nitrogen and oxygen atoms in total. The Balaban J connectivity index is 1.56. The minimum absolute atomic E-state index is 1.13. The first-order chi connectivity index (χ1) is 15.4. The number of thioether (sulfide) groups is 2. The summed E-state index contributed by atoms with van der Waals surface area (Å²) in [5.74, 6) is 4.83. The van der Waals surface area contributed by atoms with E-state index in [0.29, 0.717) is 0 Å². The fourth-order valence-corrected chi connectivity index (χ4v) is 7.98. The first-order valence-electron chi connectivity index (χ1n) is 11.7. The maximum atomic E-state index is 2.49. The van der Waals surface area contributed by atoms with E-state index in [-0.39, 0.29) is 0 Å². The fourth-order valence-electron chi connectivity index (χ4n) is 5.96. The monoisotopic (exact) mass is 438 g/mol. The maximum Gasteiger partial charge on any atom is 0.0190 e. The lowest BCUT2D eigenvalue weighted by Crippen LogP contribution is -1.90. The smallest absolute Gasteiger partial charge is 0.0190 e. The summed E-state index contributed by atoms with van der Waals surface area (Å²) < 4.78 is 0. The van der Waals surface area contributed by atoms with Crippen molar-refractivity contribution in [3.63, 3.8) is 0 Å². The van der Waals surface area contributed by atoms with E-state index in [1.54, 1.807) is 0 Å². The Morgan fingerprint density at radius 3 is 1.45 bits per heavy atom. The van der Waals surface area contributed by atoms with E-state index in [4.69, 9.17) is 0 Å². The van der Waals surface area contributed by atoms with Gasteiger partial charge in [0.25, 0.3) is 0 Å². The highest BCUT2D eigenvalue weighted by atomic mass is 32.2. The van der Waals surface area contributed by atoms with Gasteiger partial charge in [0.05, 0.1) is 0 Å². The Kier molecular flexibility index (Phi) is 4.40. The van der Waals surface area contributed by atoms with Crippen LogP contribution < -0.4 is 0 Å². The van der Waals surface area contributed by atoms with Crippen LogP contribution >= 0.6 is 23.5 Å². The van der Waals surface area contributed by atoms with Gasteiger partial charge in [-0.2, -0.15) is 23.5 Å². The largest absolute Gasteiger partial charge is 0.157 e. The Bertz CT molecular complexity index is 1400. The molecule has 0 atom stereocenters. The summed E-state index contributed by atoms with van der Waals surface area (Å²) in [6, 6.07) is 19.3. The van der Waals surface area contributed by atoms with Crippen LogP contribution in [0, 0.1) is 0 Å². The third kappa shape index (κ3) is 2.77. The van der Waals surface area contributed by atoms with Crippen LogP contribution in [-0.2, 0) is 11.5 Å². The lowest BCUT2D eigenvalue weighted by atomic mass is 9.96. The SMILES string of the molecule is c1cc2cc3c4ccc5ccc6c(cc1c1c2c4c5c61)CSCCCCCCCSC3. The molecule has 6 aromatic rings. The molecule has 0 saturated heterocycles. The molecule has 7 bridgehead atoms. The first kappa shape index (κ1) is 18.7. The van der Waals surface area contributed by atoms with Crippen molar-refractivity contribution in [2.45, 2.75) is 43.6 Å². The van der Waals surface area contributed by atoms with Gasteiger partial charge in [0.1, 0.15) is 0 Å². The Labute approximate surface area is 191 Å². The van der Waals surface area contributed by atoms with Crippen molar-refractivity contribution >= 4 is 77.4 Å². The van der Waals surface area contributed by atoms with Crippen molar-refractivity contribution in [2.24, 2.45) is 0 Å². The van der Waals surface area contributed by atoms with Crippen LogP contribution in [0.2, 0.25) is 0 Å². The lowest BCUT2D eigenvalue weighted by molar-refractivity contribution is 0.662. The van der Waals surface area contributed by atoms with Gasteiger partial charge in [0.2, 0.25) is 0 Å². The van der Waals surface area contributed by atoms with E-state index >= 15 is 0 Å². The van der Waals surface area contributed by atoms with E-state index < -0.39 is 0 Å². The van der Waals surface area contributed by atoms with E-state index in [0.717, 1.165) is 11.5 Å². The second kappa shape index (κ2) is 7.32. The van der Waals surface area contributed by atoms with Crippen LogP contribution in [0.1, 0.15) is 43.2 Å². The Morgan fingerprint density at radius 1 is 0.452 bits per heavy atom. The van der Waals surface area contributed by atoms with Gasteiger partial charge in [-0.3, -0.25) is 0 Å². The molecule has 154 valence electrons. The molecule has 31 heavy (non-hydrogen) atoms. The average Bonchev–Trinajstić information content (AvgIpc) is 3.16. The fraction of sp³-hybridized carbons (Fsp3) is 0.310. The summed E-state index contributed by atoms with van der Waals surface area (Å²) in [7, 11) is 0. The molecule has 0 saturated carbocycles. The average molecular weight is 439 g/mol. The summed E-state index contributed by atoms with van der Waals surface area (Å²) in [6.07, 6.45) is 6.90. The van der Waals surface area contributed by atoms with E-state index in [1.807, 2.05) is 0 Å². The van der Waals surface area contributed by atoms with E-state index in [9.17, 15) is 0 Å². The van der Waals surface area contributed by atoms with Crippen molar-refractivity contribution in [1.29, 1.82) is 0 Å². The summed E-state index contributed by atoms with van der Waals surface area (Å²) in [4.78, 5) is 0. The number of hydrogen-bond acceptors (Lipinski definition) is 2. The molecule has 1 aliphatic heterocycles. The van der Waals surface area contributed by atoms with Gasteiger partial charge in [0.15, 0.2) is 0 Å². The zero-order valence-electron chi connectivity index (χ0n) is 17.8. The van der Waals surface area contributed by atoms with Gasteiger partial charge in [-0.15, -0.1) is 0 Å². The van der Waals surface area contributed by atoms with E-state index in [2.05, 4.69) is 72.1 Å². The molecule has 0 amide bonds. The van der Waals surface area contributed by atoms with Crippen LogP contribution in [0.3, 0.4) is 0 Å². The van der Waals surface area contributed by atoms with Crippen LogP contribution in [0.15, 0.2) is 48.5 Å². The van der Waals surface area contributed by atoms with Crippen molar-refractivity contribution in [3.05, 3.63) is 59.7 Å². The molecule has 1 heterocycles. The molecule has 1 aliphatic rings. The predicted octanol–water partition coefficient (Wildman–Crippen LogP) is 9.20. The molecule has 6 aromatic carbocycles. The topological polar surface area (TPSA) is 0 Å². The van der Waals surface area contributed by atoms with Gasteiger partial charge in [-0.25, -0.2) is 0 Å². The summed E-state index contributed by atoms with van der Waals surface area (Å²) in [6.45, 7) is 0. The minimum atomic E-state index is 1.13. The van der Waals surface area contributed by atoms with Gasteiger partial charge in [-0.05, 0) is 101 Å². The van der Waals surface area contributed by atoms with Crippen LogP contribution in [0.25, 0.3) is 53.9 Å². The number of rotatable bonds is 0. The minimum Gasteiger partial charge on any atom is -0.157 e. The summed E-state index contributed by atoms with van der Waals surface area (Å²) >= 11 is 4.26. The van der Waals surface area contributed by atoms with Crippen LogP contribution in [0.5, 0.6) is 0 Å². The van der Waals surface area contributed by atoms with Gasteiger partial charge in [-0.1, -0.05) is 55.7 Å². The Hall–Kier alpha value is -1.90. The second-order valence-electron chi connectivity index (χ2n) is 9.28. The molecule has 0 fully saturated rings. The highest BCUT2D eigenvalue weighted by molar-refractivity contribution is 7.98.